The molecule has 0 saturated carbocycles. The predicted octanol–water partition coefficient (Wildman–Crippen LogP) is 1.36. The molecule has 1 aromatic rings. The Labute approximate surface area is 115 Å². The van der Waals surface area contributed by atoms with Gasteiger partial charge in [-0.1, -0.05) is 26.0 Å². The van der Waals surface area contributed by atoms with Crippen molar-refractivity contribution >= 4 is 15.7 Å². The van der Waals surface area contributed by atoms with Crippen LogP contribution >= 0.6 is 0 Å². The van der Waals surface area contributed by atoms with Gasteiger partial charge in [0.05, 0.1) is 12.4 Å². The number of nitrogen functional groups attached to an aromatic ring is 1. The zero-order valence-electron chi connectivity index (χ0n) is 11.4. The standard InChI is InChI=1S/C13H22N2O3S/c1-11(2)9-18-7-6-15-19(16,17)10-12-4-3-5-13(14)8-12/h3-5,8,11,15H,6-7,9-10,14H2,1-2H3. The van der Waals surface area contributed by atoms with E-state index in [1.165, 1.54) is 0 Å². The smallest absolute Gasteiger partial charge is 0.215 e. The minimum atomic E-state index is -3.34. The van der Waals surface area contributed by atoms with Gasteiger partial charge < -0.3 is 10.5 Å². The van der Waals surface area contributed by atoms with Crippen LogP contribution in [0.2, 0.25) is 0 Å². The maximum Gasteiger partial charge on any atom is 0.215 e. The van der Waals surface area contributed by atoms with Crippen LogP contribution in [-0.2, 0) is 20.5 Å². The second-order valence-electron chi connectivity index (χ2n) is 4.87. The molecule has 0 amide bonds. The zero-order chi connectivity index (χ0) is 14.3. The van der Waals surface area contributed by atoms with Crippen LogP contribution in [0.15, 0.2) is 24.3 Å². The molecular formula is C13H22N2O3S. The summed E-state index contributed by atoms with van der Waals surface area (Å²) in [6, 6.07) is 6.87. The van der Waals surface area contributed by atoms with Gasteiger partial charge in [-0.2, -0.15) is 0 Å². The van der Waals surface area contributed by atoms with E-state index in [2.05, 4.69) is 4.72 Å². The number of benzene rings is 1. The van der Waals surface area contributed by atoms with Crippen LogP contribution in [-0.4, -0.2) is 28.2 Å². The Morgan fingerprint density at radius 3 is 2.74 bits per heavy atom. The number of hydrogen-bond acceptors (Lipinski definition) is 4. The summed E-state index contributed by atoms with van der Waals surface area (Å²) in [5.41, 5.74) is 6.85. The lowest BCUT2D eigenvalue weighted by Crippen LogP contribution is -2.29. The van der Waals surface area contributed by atoms with Crippen LogP contribution in [0.1, 0.15) is 19.4 Å². The average molecular weight is 286 g/mol. The summed E-state index contributed by atoms with van der Waals surface area (Å²) in [5, 5.41) is 0. The third-order valence-electron chi connectivity index (χ3n) is 2.33. The first-order chi connectivity index (χ1) is 8.89. The number of sulfonamides is 1. The molecule has 0 saturated heterocycles. The normalized spacial score (nSPS) is 11.9. The van der Waals surface area contributed by atoms with Crippen molar-refractivity contribution in [3.05, 3.63) is 29.8 Å². The van der Waals surface area contributed by atoms with Crippen molar-refractivity contribution in [1.82, 2.24) is 4.72 Å². The fraction of sp³-hybridized carbons (Fsp3) is 0.538. The first-order valence-electron chi connectivity index (χ1n) is 6.28. The van der Waals surface area contributed by atoms with Gasteiger partial charge in [0, 0.05) is 18.8 Å². The van der Waals surface area contributed by atoms with E-state index in [0.717, 1.165) is 0 Å². The Morgan fingerprint density at radius 1 is 1.37 bits per heavy atom. The second kappa shape index (κ2) is 7.47. The van der Waals surface area contributed by atoms with E-state index in [4.69, 9.17) is 10.5 Å². The van der Waals surface area contributed by atoms with Gasteiger partial charge in [-0.05, 0) is 23.6 Å². The first kappa shape index (κ1) is 15.9. The number of nitrogens with one attached hydrogen (secondary N) is 1. The van der Waals surface area contributed by atoms with E-state index in [1.807, 2.05) is 13.8 Å². The van der Waals surface area contributed by atoms with Crippen LogP contribution in [0.3, 0.4) is 0 Å². The number of rotatable bonds is 8. The number of anilines is 1. The van der Waals surface area contributed by atoms with Crippen molar-refractivity contribution in [2.24, 2.45) is 5.92 Å². The zero-order valence-corrected chi connectivity index (χ0v) is 12.2. The van der Waals surface area contributed by atoms with Crippen molar-refractivity contribution < 1.29 is 13.2 Å². The molecule has 1 rings (SSSR count). The molecule has 0 aliphatic carbocycles. The van der Waals surface area contributed by atoms with E-state index >= 15 is 0 Å². The molecule has 0 heterocycles. The van der Waals surface area contributed by atoms with Gasteiger partial charge >= 0.3 is 0 Å². The minimum absolute atomic E-state index is 0.0672. The van der Waals surface area contributed by atoms with Gasteiger partial charge in [0.1, 0.15) is 0 Å². The van der Waals surface area contributed by atoms with Crippen molar-refractivity contribution in [3.63, 3.8) is 0 Å². The minimum Gasteiger partial charge on any atom is -0.399 e. The highest BCUT2D eigenvalue weighted by atomic mass is 32.2. The molecule has 5 nitrogen and oxygen atoms in total. The molecule has 0 bridgehead atoms. The molecule has 0 radical (unpaired) electrons. The summed E-state index contributed by atoms with van der Waals surface area (Å²) in [5.74, 6) is 0.381. The molecule has 0 aromatic heterocycles. The van der Waals surface area contributed by atoms with Gasteiger partial charge in [-0.15, -0.1) is 0 Å². The molecule has 0 spiro atoms. The van der Waals surface area contributed by atoms with E-state index < -0.39 is 10.0 Å². The lowest BCUT2D eigenvalue weighted by Gasteiger charge is -2.09. The van der Waals surface area contributed by atoms with Crippen molar-refractivity contribution in [2.45, 2.75) is 19.6 Å². The van der Waals surface area contributed by atoms with Crippen LogP contribution < -0.4 is 10.5 Å². The fourth-order valence-corrected chi connectivity index (χ4v) is 2.66. The molecule has 1 aromatic carbocycles. The lowest BCUT2D eigenvalue weighted by molar-refractivity contribution is 0.114. The Bertz CT molecular complexity index is 486. The molecule has 6 heteroatoms. The monoisotopic (exact) mass is 286 g/mol. The second-order valence-corrected chi connectivity index (χ2v) is 6.67. The summed E-state index contributed by atoms with van der Waals surface area (Å²) >= 11 is 0. The van der Waals surface area contributed by atoms with Gasteiger partial charge in [0.15, 0.2) is 0 Å². The number of hydrogen-bond donors (Lipinski definition) is 2. The number of nitrogens with two attached hydrogens (primary N) is 1. The average Bonchev–Trinajstić information content (AvgIpc) is 2.27. The van der Waals surface area contributed by atoms with Gasteiger partial charge in [0.25, 0.3) is 0 Å². The van der Waals surface area contributed by atoms with Crippen molar-refractivity contribution in [2.75, 3.05) is 25.5 Å². The predicted molar refractivity (Wildman–Crippen MR) is 77.1 cm³/mol. The van der Waals surface area contributed by atoms with E-state index in [0.29, 0.717) is 30.4 Å². The van der Waals surface area contributed by atoms with Crippen LogP contribution in [0.5, 0.6) is 0 Å². The Kier molecular flexibility index (Phi) is 6.27. The van der Waals surface area contributed by atoms with Gasteiger partial charge in [-0.25, -0.2) is 13.1 Å². The van der Waals surface area contributed by atoms with Gasteiger partial charge in [-0.3, -0.25) is 0 Å². The molecule has 0 aliphatic rings. The van der Waals surface area contributed by atoms with Crippen molar-refractivity contribution in [1.29, 1.82) is 0 Å². The third kappa shape index (κ3) is 7.15. The highest BCUT2D eigenvalue weighted by Crippen LogP contribution is 2.09. The molecule has 3 N–H and O–H groups in total. The Balaban J connectivity index is 2.36. The molecular weight excluding hydrogens is 264 g/mol. The topological polar surface area (TPSA) is 81.4 Å². The van der Waals surface area contributed by atoms with Crippen LogP contribution in [0.25, 0.3) is 0 Å². The summed E-state index contributed by atoms with van der Waals surface area (Å²) in [7, 11) is -3.34. The maximum atomic E-state index is 11.8. The lowest BCUT2D eigenvalue weighted by atomic mass is 10.2. The molecule has 0 unspecified atom stereocenters. The van der Waals surface area contributed by atoms with E-state index in [1.54, 1.807) is 24.3 Å². The Hall–Kier alpha value is -1.11. The van der Waals surface area contributed by atoms with E-state index in [-0.39, 0.29) is 12.3 Å². The first-order valence-corrected chi connectivity index (χ1v) is 7.94. The summed E-state index contributed by atoms with van der Waals surface area (Å²) < 4.78 is 31.4. The van der Waals surface area contributed by atoms with Gasteiger partial charge in [0.2, 0.25) is 10.0 Å². The quantitative estimate of drug-likeness (QED) is 0.558. The largest absolute Gasteiger partial charge is 0.399 e. The summed E-state index contributed by atoms with van der Waals surface area (Å²) in [6.07, 6.45) is 0. The summed E-state index contributed by atoms with van der Waals surface area (Å²) in [6.45, 7) is 5.40. The third-order valence-corrected chi connectivity index (χ3v) is 3.68. The molecule has 0 aliphatic heterocycles. The van der Waals surface area contributed by atoms with E-state index in [9.17, 15) is 8.42 Å². The SMILES string of the molecule is CC(C)COCCNS(=O)(=O)Cc1cccc(N)c1. The molecule has 19 heavy (non-hydrogen) atoms. The molecule has 0 fully saturated rings. The van der Waals surface area contributed by atoms with Crippen LogP contribution in [0, 0.1) is 5.92 Å². The summed E-state index contributed by atoms with van der Waals surface area (Å²) in [4.78, 5) is 0. The number of ether oxygens (including phenoxy) is 1. The van der Waals surface area contributed by atoms with Crippen LogP contribution in [0.4, 0.5) is 5.69 Å². The molecule has 0 atom stereocenters. The maximum absolute atomic E-state index is 11.8. The Morgan fingerprint density at radius 2 is 2.11 bits per heavy atom. The highest BCUT2D eigenvalue weighted by Gasteiger charge is 2.10. The van der Waals surface area contributed by atoms with Crippen molar-refractivity contribution in [3.8, 4) is 0 Å². The molecule has 108 valence electrons. The fourth-order valence-electron chi connectivity index (χ4n) is 1.54. The highest BCUT2D eigenvalue weighted by molar-refractivity contribution is 7.88.